The lowest BCUT2D eigenvalue weighted by atomic mass is 9.89. The van der Waals surface area contributed by atoms with Crippen LogP contribution in [0.2, 0.25) is 5.02 Å². The first kappa shape index (κ1) is 14.1. The number of aliphatic hydroxyl groups excluding tert-OH is 1. The summed E-state index contributed by atoms with van der Waals surface area (Å²) in [6.45, 7) is 6.80. The van der Waals surface area contributed by atoms with Crippen LogP contribution in [-0.4, -0.2) is 17.8 Å². The van der Waals surface area contributed by atoms with Crippen LogP contribution in [0.3, 0.4) is 0 Å². The number of anilines is 2. The summed E-state index contributed by atoms with van der Waals surface area (Å²) in [7, 11) is 0. The highest BCUT2D eigenvalue weighted by molar-refractivity contribution is 6.31. The summed E-state index contributed by atoms with van der Waals surface area (Å²) in [4.78, 5) is 0. The molecule has 96 valence electrons. The maximum Gasteiger partial charge on any atom is 0.0717 e. The maximum atomic E-state index is 9.86. The topological polar surface area (TPSA) is 58.3 Å². The predicted octanol–water partition coefficient (Wildman–Crippen LogP) is 3.13. The van der Waals surface area contributed by atoms with Gasteiger partial charge < -0.3 is 16.2 Å². The van der Waals surface area contributed by atoms with Gasteiger partial charge in [-0.05, 0) is 30.0 Å². The van der Waals surface area contributed by atoms with E-state index >= 15 is 0 Å². The molecule has 4 heteroatoms. The third kappa shape index (κ3) is 5.29. The molecule has 1 rings (SSSR count). The number of benzene rings is 1. The summed E-state index contributed by atoms with van der Waals surface area (Å²) in [6.07, 6.45) is 0.359. The van der Waals surface area contributed by atoms with Gasteiger partial charge in [0.15, 0.2) is 0 Å². The molecule has 4 N–H and O–H groups in total. The summed E-state index contributed by atoms with van der Waals surface area (Å²) in [5.41, 5.74) is 7.33. The number of rotatable bonds is 4. The van der Waals surface area contributed by atoms with E-state index in [1.54, 1.807) is 12.1 Å². The van der Waals surface area contributed by atoms with Crippen LogP contribution in [0.4, 0.5) is 11.4 Å². The largest absolute Gasteiger partial charge is 0.397 e. The lowest BCUT2D eigenvalue weighted by Crippen LogP contribution is -2.25. The van der Waals surface area contributed by atoms with Crippen molar-refractivity contribution in [3.05, 3.63) is 23.2 Å². The summed E-state index contributed by atoms with van der Waals surface area (Å²) in [6, 6.07) is 5.29. The Bertz CT molecular complexity index is 374. The van der Waals surface area contributed by atoms with Crippen molar-refractivity contribution in [3.8, 4) is 0 Å². The average molecular weight is 257 g/mol. The van der Waals surface area contributed by atoms with E-state index < -0.39 is 0 Å². The molecular formula is C13H21ClN2O. The summed E-state index contributed by atoms with van der Waals surface area (Å²) in [5, 5.41) is 13.6. The van der Waals surface area contributed by atoms with Crippen LogP contribution in [0.15, 0.2) is 18.2 Å². The fraction of sp³-hybridized carbons (Fsp3) is 0.538. The molecule has 0 saturated heterocycles. The highest BCUT2D eigenvalue weighted by atomic mass is 35.5. The standard InChI is InChI=1S/C13H21ClN2O/c1-13(2,3)7-10(17)8-16-12-5-4-9(14)6-11(12)15/h4-6,10,16-17H,7-8,15H2,1-3H3. The van der Waals surface area contributed by atoms with Gasteiger partial charge in [0.2, 0.25) is 0 Å². The Labute approximate surface area is 108 Å². The Balaban J connectivity index is 2.50. The van der Waals surface area contributed by atoms with Crippen LogP contribution in [0.25, 0.3) is 0 Å². The van der Waals surface area contributed by atoms with Crippen molar-refractivity contribution in [1.29, 1.82) is 0 Å². The van der Waals surface area contributed by atoms with E-state index in [0.717, 1.165) is 12.1 Å². The number of nitrogens with two attached hydrogens (primary N) is 1. The van der Waals surface area contributed by atoms with Gasteiger partial charge in [0.1, 0.15) is 0 Å². The quantitative estimate of drug-likeness (QED) is 0.726. The fourth-order valence-electron chi connectivity index (χ4n) is 1.70. The van der Waals surface area contributed by atoms with Crippen LogP contribution in [-0.2, 0) is 0 Å². The van der Waals surface area contributed by atoms with Gasteiger partial charge in [-0.1, -0.05) is 32.4 Å². The van der Waals surface area contributed by atoms with Gasteiger partial charge >= 0.3 is 0 Å². The van der Waals surface area contributed by atoms with Gasteiger partial charge in [0.05, 0.1) is 17.5 Å². The molecule has 0 saturated carbocycles. The third-order valence-corrected chi connectivity index (χ3v) is 2.62. The van der Waals surface area contributed by atoms with Crippen molar-refractivity contribution in [3.63, 3.8) is 0 Å². The zero-order valence-corrected chi connectivity index (χ0v) is 11.4. The SMILES string of the molecule is CC(C)(C)CC(O)CNc1ccc(Cl)cc1N. The molecule has 1 atom stereocenters. The highest BCUT2D eigenvalue weighted by Crippen LogP contribution is 2.24. The van der Waals surface area contributed by atoms with Crippen LogP contribution in [0.5, 0.6) is 0 Å². The highest BCUT2D eigenvalue weighted by Gasteiger charge is 2.16. The van der Waals surface area contributed by atoms with Gasteiger partial charge in [-0.3, -0.25) is 0 Å². The number of hydrogen-bond donors (Lipinski definition) is 3. The first-order chi connectivity index (χ1) is 7.78. The fourth-order valence-corrected chi connectivity index (χ4v) is 1.88. The average Bonchev–Trinajstić information content (AvgIpc) is 2.13. The lowest BCUT2D eigenvalue weighted by Gasteiger charge is -2.23. The number of hydrogen-bond acceptors (Lipinski definition) is 3. The molecule has 0 aliphatic rings. The summed E-state index contributed by atoms with van der Waals surface area (Å²) >= 11 is 5.81. The van der Waals surface area contributed by atoms with Crippen LogP contribution >= 0.6 is 11.6 Å². The lowest BCUT2D eigenvalue weighted by molar-refractivity contribution is 0.132. The molecule has 1 aromatic rings. The smallest absolute Gasteiger partial charge is 0.0717 e. The molecule has 0 aliphatic heterocycles. The first-order valence-electron chi connectivity index (χ1n) is 5.75. The zero-order valence-electron chi connectivity index (χ0n) is 10.6. The van der Waals surface area contributed by atoms with E-state index in [1.807, 2.05) is 6.07 Å². The zero-order chi connectivity index (χ0) is 13.1. The van der Waals surface area contributed by atoms with Gasteiger partial charge in [0.25, 0.3) is 0 Å². The second-order valence-corrected chi connectivity index (χ2v) is 5.97. The second kappa shape index (κ2) is 5.61. The van der Waals surface area contributed by atoms with Crippen molar-refractivity contribution in [2.75, 3.05) is 17.6 Å². The molecule has 1 unspecified atom stereocenters. The van der Waals surface area contributed by atoms with Gasteiger partial charge in [-0.2, -0.15) is 0 Å². The minimum Gasteiger partial charge on any atom is -0.397 e. The summed E-state index contributed by atoms with van der Waals surface area (Å²) in [5.74, 6) is 0. The molecule has 17 heavy (non-hydrogen) atoms. The number of aliphatic hydroxyl groups is 1. The van der Waals surface area contributed by atoms with E-state index in [4.69, 9.17) is 17.3 Å². The molecule has 3 nitrogen and oxygen atoms in total. The Hall–Kier alpha value is -0.930. The third-order valence-electron chi connectivity index (χ3n) is 2.39. The molecule has 0 radical (unpaired) electrons. The van der Waals surface area contributed by atoms with Crippen molar-refractivity contribution in [2.24, 2.45) is 5.41 Å². The predicted molar refractivity (Wildman–Crippen MR) is 74.4 cm³/mol. The molecule has 0 bridgehead atoms. The minimum absolute atomic E-state index is 0.118. The van der Waals surface area contributed by atoms with Gasteiger partial charge in [0, 0.05) is 11.6 Å². The maximum absolute atomic E-state index is 9.86. The van der Waals surface area contributed by atoms with Crippen LogP contribution < -0.4 is 11.1 Å². The van der Waals surface area contributed by atoms with E-state index in [2.05, 4.69) is 26.1 Å². The number of nitrogens with one attached hydrogen (secondary N) is 1. The van der Waals surface area contributed by atoms with Crippen molar-refractivity contribution in [2.45, 2.75) is 33.3 Å². The molecular weight excluding hydrogens is 236 g/mol. The molecule has 1 aromatic carbocycles. The van der Waals surface area contributed by atoms with Crippen LogP contribution in [0.1, 0.15) is 27.2 Å². The van der Waals surface area contributed by atoms with E-state index in [0.29, 0.717) is 17.3 Å². The Kier molecular flexibility index (Phi) is 4.66. The number of halogens is 1. The van der Waals surface area contributed by atoms with Gasteiger partial charge in [-0.25, -0.2) is 0 Å². The molecule has 0 amide bonds. The van der Waals surface area contributed by atoms with Crippen molar-refractivity contribution < 1.29 is 5.11 Å². The Morgan fingerprint density at radius 1 is 1.41 bits per heavy atom. The minimum atomic E-state index is -0.384. The first-order valence-corrected chi connectivity index (χ1v) is 6.13. The van der Waals surface area contributed by atoms with E-state index in [1.165, 1.54) is 0 Å². The Morgan fingerprint density at radius 3 is 2.59 bits per heavy atom. The van der Waals surface area contributed by atoms with E-state index in [-0.39, 0.29) is 11.5 Å². The molecule has 0 fully saturated rings. The summed E-state index contributed by atoms with van der Waals surface area (Å²) < 4.78 is 0. The molecule has 0 heterocycles. The second-order valence-electron chi connectivity index (χ2n) is 5.53. The molecule has 0 aliphatic carbocycles. The molecule has 0 aromatic heterocycles. The normalized spacial score (nSPS) is 13.5. The molecule has 0 spiro atoms. The van der Waals surface area contributed by atoms with Crippen LogP contribution in [0, 0.1) is 5.41 Å². The monoisotopic (exact) mass is 256 g/mol. The van der Waals surface area contributed by atoms with Crippen molar-refractivity contribution in [1.82, 2.24) is 0 Å². The number of nitrogen functional groups attached to an aromatic ring is 1. The van der Waals surface area contributed by atoms with E-state index in [9.17, 15) is 5.11 Å². The van der Waals surface area contributed by atoms with Crippen molar-refractivity contribution >= 4 is 23.0 Å². The Morgan fingerprint density at radius 2 is 2.06 bits per heavy atom. The van der Waals surface area contributed by atoms with Gasteiger partial charge in [-0.15, -0.1) is 0 Å².